The molecule has 3 N–H and O–H groups in total. The molecular weight excluding hydrogens is 402 g/mol. The Bertz CT molecular complexity index is 1140. The van der Waals surface area contributed by atoms with Crippen LogP contribution in [0, 0.1) is 0 Å². The predicted molar refractivity (Wildman–Crippen MR) is 113 cm³/mol. The van der Waals surface area contributed by atoms with E-state index in [1.807, 2.05) is 30.3 Å². The van der Waals surface area contributed by atoms with E-state index in [0.717, 1.165) is 31.2 Å². The summed E-state index contributed by atoms with van der Waals surface area (Å²) in [6, 6.07) is 15.5. The molecule has 156 valence electrons. The highest BCUT2D eigenvalue weighted by atomic mass is 32.2. The van der Waals surface area contributed by atoms with Gasteiger partial charge in [0.25, 0.3) is 5.91 Å². The van der Waals surface area contributed by atoms with Gasteiger partial charge in [0.15, 0.2) is 5.82 Å². The molecule has 1 aliphatic rings. The first kappa shape index (κ1) is 20.2. The molecule has 1 heterocycles. The Morgan fingerprint density at radius 3 is 2.30 bits per heavy atom. The van der Waals surface area contributed by atoms with E-state index in [2.05, 4.69) is 15.4 Å². The fourth-order valence-electron chi connectivity index (χ4n) is 3.64. The van der Waals surface area contributed by atoms with Crippen LogP contribution in [0.4, 0.5) is 0 Å². The number of hydrogen-bond donors (Lipinski definition) is 2. The van der Waals surface area contributed by atoms with Crippen molar-refractivity contribution in [2.45, 2.75) is 43.0 Å². The van der Waals surface area contributed by atoms with Crippen molar-refractivity contribution in [3.05, 3.63) is 60.4 Å². The maximum absolute atomic E-state index is 12.8. The summed E-state index contributed by atoms with van der Waals surface area (Å²) in [5, 5.41) is 12.6. The summed E-state index contributed by atoms with van der Waals surface area (Å²) in [6.07, 6.45) is 5.35. The summed E-state index contributed by atoms with van der Waals surface area (Å²) >= 11 is 0. The Labute approximate surface area is 175 Å². The number of nitrogens with zero attached hydrogens (tertiary/aromatic N) is 3. The third-order valence-corrected chi connectivity index (χ3v) is 6.12. The van der Waals surface area contributed by atoms with Crippen LogP contribution in [0.2, 0.25) is 0 Å². The lowest BCUT2D eigenvalue weighted by atomic mass is 9.95. The summed E-state index contributed by atoms with van der Waals surface area (Å²) in [5.41, 5.74) is 1.36. The number of hydrogen-bond acceptors (Lipinski definition) is 5. The summed E-state index contributed by atoms with van der Waals surface area (Å²) in [4.78, 5) is 17.3. The first-order valence-electron chi connectivity index (χ1n) is 9.88. The smallest absolute Gasteiger partial charge is 0.291 e. The monoisotopic (exact) mass is 425 g/mol. The summed E-state index contributed by atoms with van der Waals surface area (Å²) in [7, 11) is -3.80. The molecule has 0 aliphatic heterocycles. The highest BCUT2D eigenvalue weighted by Gasteiger charge is 2.22. The van der Waals surface area contributed by atoms with Gasteiger partial charge in [0.05, 0.1) is 10.6 Å². The average molecular weight is 426 g/mol. The molecule has 30 heavy (non-hydrogen) atoms. The Hall–Kier alpha value is -3.04. The number of nitrogens with one attached hydrogen (secondary N) is 1. The maximum Gasteiger partial charge on any atom is 0.291 e. The van der Waals surface area contributed by atoms with Crippen LogP contribution in [0.15, 0.2) is 59.5 Å². The summed E-state index contributed by atoms with van der Waals surface area (Å²) in [6.45, 7) is 0. The van der Waals surface area contributed by atoms with Gasteiger partial charge in [-0.15, -0.1) is 5.10 Å². The minimum Gasteiger partial charge on any atom is -0.347 e. The number of nitrogens with two attached hydrogens (primary N) is 1. The Kier molecular flexibility index (Phi) is 5.65. The lowest BCUT2D eigenvalue weighted by molar-refractivity contribution is 0.0917. The first-order chi connectivity index (χ1) is 14.4. The quantitative estimate of drug-likeness (QED) is 0.651. The molecule has 2 aromatic carbocycles. The van der Waals surface area contributed by atoms with Gasteiger partial charge >= 0.3 is 0 Å². The third kappa shape index (κ3) is 4.42. The number of aromatic nitrogens is 3. The molecule has 0 bridgehead atoms. The van der Waals surface area contributed by atoms with Crippen LogP contribution in [0.1, 0.15) is 42.7 Å². The number of benzene rings is 2. The van der Waals surface area contributed by atoms with Crippen LogP contribution in [-0.2, 0) is 10.0 Å². The van der Waals surface area contributed by atoms with E-state index in [4.69, 9.17) is 5.14 Å². The molecule has 1 aliphatic carbocycles. The Morgan fingerprint density at radius 2 is 1.67 bits per heavy atom. The van der Waals surface area contributed by atoms with Gasteiger partial charge in [0, 0.05) is 11.6 Å². The van der Waals surface area contributed by atoms with Crippen molar-refractivity contribution in [2.75, 3.05) is 0 Å². The van der Waals surface area contributed by atoms with Crippen molar-refractivity contribution in [1.82, 2.24) is 20.1 Å². The van der Waals surface area contributed by atoms with Crippen molar-refractivity contribution in [2.24, 2.45) is 5.14 Å². The van der Waals surface area contributed by atoms with Crippen LogP contribution in [0.3, 0.4) is 0 Å². The molecule has 0 saturated heterocycles. The highest BCUT2D eigenvalue weighted by molar-refractivity contribution is 7.89. The van der Waals surface area contributed by atoms with Crippen molar-refractivity contribution < 1.29 is 13.2 Å². The van der Waals surface area contributed by atoms with Gasteiger partial charge < -0.3 is 5.32 Å². The van der Waals surface area contributed by atoms with Gasteiger partial charge in [-0.25, -0.2) is 23.2 Å². The lowest BCUT2D eigenvalue weighted by Gasteiger charge is -2.21. The van der Waals surface area contributed by atoms with Gasteiger partial charge in [-0.1, -0.05) is 49.6 Å². The minimum absolute atomic E-state index is 0.00268. The van der Waals surface area contributed by atoms with E-state index in [0.29, 0.717) is 11.5 Å². The zero-order valence-electron chi connectivity index (χ0n) is 16.4. The molecule has 0 unspecified atom stereocenters. The third-order valence-electron chi connectivity index (χ3n) is 5.19. The van der Waals surface area contributed by atoms with Gasteiger partial charge in [-0.05, 0) is 37.1 Å². The highest BCUT2D eigenvalue weighted by Crippen LogP contribution is 2.23. The van der Waals surface area contributed by atoms with E-state index in [-0.39, 0.29) is 22.7 Å². The van der Waals surface area contributed by atoms with Gasteiger partial charge in [-0.2, -0.15) is 0 Å². The van der Waals surface area contributed by atoms with Gasteiger partial charge in [-0.3, -0.25) is 4.79 Å². The number of amides is 1. The molecule has 4 rings (SSSR count). The number of primary sulfonamides is 1. The summed E-state index contributed by atoms with van der Waals surface area (Å²) in [5.74, 6) is 0.265. The topological polar surface area (TPSA) is 120 Å². The molecular formula is C21H23N5O3S. The number of carbonyl (C=O) groups excluding carboxylic acids is 1. The van der Waals surface area contributed by atoms with Crippen LogP contribution in [-0.4, -0.2) is 35.1 Å². The lowest BCUT2D eigenvalue weighted by Crippen LogP contribution is -2.36. The predicted octanol–water partition coefficient (Wildman–Crippen LogP) is 2.64. The minimum atomic E-state index is -3.80. The van der Waals surface area contributed by atoms with Crippen molar-refractivity contribution in [3.63, 3.8) is 0 Å². The summed E-state index contributed by atoms with van der Waals surface area (Å²) < 4.78 is 24.6. The normalized spacial score (nSPS) is 15.1. The van der Waals surface area contributed by atoms with E-state index in [1.54, 1.807) is 12.1 Å². The van der Waals surface area contributed by atoms with Crippen molar-refractivity contribution in [3.8, 4) is 17.1 Å². The molecule has 1 amide bonds. The molecule has 9 heteroatoms. The molecule has 3 aromatic rings. The van der Waals surface area contributed by atoms with Crippen LogP contribution >= 0.6 is 0 Å². The Morgan fingerprint density at radius 1 is 1.00 bits per heavy atom. The molecule has 1 saturated carbocycles. The standard InChI is InChI=1S/C21H23N5O3S/c22-30(28,29)18-13-11-17(12-14-18)26-20(15-7-3-1-4-8-15)24-19(25-26)21(27)23-16-9-5-2-6-10-16/h1,3-4,7-8,11-14,16H,2,5-6,9-10H2,(H,23,27)(H2,22,28,29). The van der Waals surface area contributed by atoms with Crippen molar-refractivity contribution >= 4 is 15.9 Å². The second kappa shape index (κ2) is 8.37. The van der Waals surface area contributed by atoms with Crippen molar-refractivity contribution in [1.29, 1.82) is 0 Å². The maximum atomic E-state index is 12.8. The average Bonchev–Trinajstić information content (AvgIpc) is 3.20. The van der Waals surface area contributed by atoms with E-state index in [1.165, 1.54) is 23.2 Å². The van der Waals surface area contributed by atoms with E-state index >= 15 is 0 Å². The second-order valence-corrected chi connectivity index (χ2v) is 8.95. The molecule has 0 spiro atoms. The molecule has 1 aromatic heterocycles. The van der Waals surface area contributed by atoms with E-state index < -0.39 is 10.0 Å². The SMILES string of the molecule is NS(=O)(=O)c1ccc(-n2nc(C(=O)NC3CCCCC3)nc2-c2ccccc2)cc1. The fraction of sp³-hybridized carbons (Fsp3) is 0.286. The molecule has 1 fully saturated rings. The molecule has 0 radical (unpaired) electrons. The van der Waals surface area contributed by atoms with Crippen LogP contribution in [0.25, 0.3) is 17.1 Å². The number of sulfonamides is 1. The zero-order valence-corrected chi connectivity index (χ0v) is 17.2. The zero-order chi connectivity index (χ0) is 21.1. The number of carbonyl (C=O) groups is 1. The molecule has 0 atom stereocenters. The first-order valence-corrected chi connectivity index (χ1v) is 11.4. The largest absolute Gasteiger partial charge is 0.347 e. The van der Waals surface area contributed by atoms with Crippen LogP contribution < -0.4 is 10.5 Å². The Balaban J connectivity index is 1.70. The van der Waals surface area contributed by atoms with Gasteiger partial charge in [0.2, 0.25) is 15.8 Å². The van der Waals surface area contributed by atoms with E-state index in [9.17, 15) is 13.2 Å². The number of rotatable bonds is 5. The second-order valence-electron chi connectivity index (χ2n) is 7.38. The van der Waals surface area contributed by atoms with Gasteiger partial charge in [0.1, 0.15) is 0 Å². The fourth-order valence-corrected chi connectivity index (χ4v) is 4.15. The van der Waals surface area contributed by atoms with Crippen LogP contribution in [0.5, 0.6) is 0 Å². The molecule has 8 nitrogen and oxygen atoms in total.